The van der Waals surface area contributed by atoms with Gasteiger partial charge < -0.3 is 14.6 Å². The molecule has 2 aromatic rings. The number of hydrogen-bond donors (Lipinski definition) is 1. The van der Waals surface area contributed by atoms with Crippen LogP contribution in [-0.4, -0.2) is 50.1 Å². The number of amides is 1. The molecule has 28 heavy (non-hydrogen) atoms. The summed E-state index contributed by atoms with van der Waals surface area (Å²) in [5.74, 6) is 0.156. The number of carbonyl (C=O) groups is 1. The van der Waals surface area contributed by atoms with Gasteiger partial charge in [-0.15, -0.1) is 0 Å². The highest BCUT2D eigenvalue weighted by Gasteiger charge is 2.29. The van der Waals surface area contributed by atoms with Crippen LogP contribution in [0.1, 0.15) is 19.1 Å². The van der Waals surface area contributed by atoms with Crippen molar-refractivity contribution in [3.63, 3.8) is 0 Å². The number of rotatable bonds is 10. The minimum atomic E-state index is -4.07. The van der Waals surface area contributed by atoms with Crippen molar-refractivity contribution in [2.45, 2.75) is 25.2 Å². The SMILES string of the molecule is CCOCCCN(CC(=O)Nc1cc(C)on1)S(=O)(=O)c1cc(Cl)ccc1Cl. The lowest BCUT2D eigenvalue weighted by atomic mass is 10.4. The van der Waals surface area contributed by atoms with Crippen LogP contribution in [0, 0.1) is 6.92 Å². The lowest BCUT2D eigenvalue weighted by Crippen LogP contribution is -2.39. The molecule has 2 rings (SSSR count). The van der Waals surface area contributed by atoms with Crippen molar-refractivity contribution < 1.29 is 22.5 Å². The van der Waals surface area contributed by atoms with E-state index in [4.69, 9.17) is 32.5 Å². The first-order chi connectivity index (χ1) is 13.2. The molecule has 1 N–H and O–H groups in total. The van der Waals surface area contributed by atoms with Crippen LogP contribution in [-0.2, 0) is 19.6 Å². The molecular formula is C17H21Cl2N3O5S. The third-order valence-electron chi connectivity index (χ3n) is 3.63. The standard InChI is InChI=1S/C17H21Cl2N3O5S/c1-3-26-8-4-7-22(11-17(23)20-16-9-12(2)27-21-16)28(24,25)15-10-13(18)5-6-14(15)19/h5-6,9-10H,3-4,7-8,11H2,1-2H3,(H,20,21,23). The number of nitrogens with zero attached hydrogens (tertiary/aromatic N) is 2. The smallest absolute Gasteiger partial charge is 0.245 e. The molecule has 1 aromatic heterocycles. The fourth-order valence-electron chi connectivity index (χ4n) is 2.35. The largest absolute Gasteiger partial charge is 0.382 e. The van der Waals surface area contributed by atoms with Crippen molar-refractivity contribution in [1.29, 1.82) is 0 Å². The lowest BCUT2D eigenvalue weighted by Gasteiger charge is -2.22. The van der Waals surface area contributed by atoms with Gasteiger partial charge in [-0.25, -0.2) is 8.42 Å². The number of aryl methyl sites for hydroxylation is 1. The summed E-state index contributed by atoms with van der Waals surface area (Å²) >= 11 is 12.0. The Morgan fingerprint density at radius 2 is 2.07 bits per heavy atom. The van der Waals surface area contributed by atoms with Crippen LogP contribution < -0.4 is 5.32 Å². The van der Waals surface area contributed by atoms with E-state index in [1.807, 2.05) is 6.92 Å². The molecule has 0 aliphatic heterocycles. The predicted molar refractivity (Wildman–Crippen MR) is 106 cm³/mol. The first kappa shape index (κ1) is 22.6. The van der Waals surface area contributed by atoms with Gasteiger partial charge in [-0.2, -0.15) is 4.31 Å². The second-order valence-electron chi connectivity index (χ2n) is 5.83. The van der Waals surface area contributed by atoms with Crippen molar-refractivity contribution in [2.75, 3.05) is 31.6 Å². The van der Waals surface area contributed by atoms with Crippen LogP contribution in [0.25, 0.3) is 0 Å². The van der Waals surface area contributed by atoms with E-state index in [-0.39, 0.29) is 27.3 Å². The van der Waals surface area contributed by atoms with Gasteiger partial charge in [0, 0.05) is 30.8 Å². The molecule has 0 saturated heterocycles. The van der Waals surface area contributed by atoms with Crippen molar-refractivity contribution in [1.82, 2.24) is 9.46 Å². The first-order valence-corrected chi connectivity index (χ1v) is 10.7. The Balaban J connectivity index is 2.21. The van der Waals surface area contributed by atoms with Gasteiger partial charge in [0.15, 0.2) is 5.82 Å². The number of carbonyl (C=O) groups excluding carboxylic acids is 1. The van der Waals surface area contributed by atoms with Crippen LogP contribution in [0.2, 0.25) is 10.0 Å². The van der Waals surface area contributed by atoms with Crippen molar-refractivity contribution in [2.24, 2.45) is 0 Å². The zero-order valence-electron chi connectivity index (χ0n) is 15.4. The summed E-state index contributed by atoms with van der Waals surface area (Å²) in [6.07, 6.45) is 0.404. The predicted octanol–water partition coefficient (Wildman–Crippen LogP) is 3.35. The number of benzene rings is 1. The summed E-state index contributed by atoms with van der Waals surface area (Å²) in [5.41, 5.74) is 0. The Bertz CT molecular complexity index is 917. The van der Waals surface area contributed by atoms with Gasteiger partial charge in [0.25, 0.3) is 0 Å². The maximum absolute atomic E-state index is 13.1. The molecule has 0 aliphatic rings. The quantitative estimate of drug-likeness (QED) is 0.557. The molecule has 0 aliphatic carbocycles. The van der Waals surface area contributed by atoms with Crippen molar-refractivity contribution >= 4 is 45.0 Å². The molecule has 1 heterocycles. The number of aromatic nitrogens is 1. The summed E-state index contributed by atoms with van der Waals surface area (Å²) in [5, 5.41) is 6.41. The van der Waals surface area contributed by atoms with Crippen LogP contribution in [0.5, 0.6) is 0 Å². The average molecular weight is 450 g/mol. The van der Waals surface area contributed by atoms with Gasteiger partial charge >= 0.3 is 0 Å². The fraction of sp³-hybridized carbons (Fsp3) is 0.412. The van der Waals surface area contributed by atoms with Gasteiger partial charge in [-0.1, -0.05) is 28.4 Å². The molecule has 8 nitrogen and oxygen atoms in total. The van der Waals surface area contributed by atoms with E-state index in [2.05, 4.69) is 10.5 Å². The molecule has 0 bridgehead atoms. The summed E-state index contributed by atoms with van der Waals surface area (Å²) in [4.78, 5) is 12.2. The van der Waals surface area contributed by atoms with Gasteiger partial charge in [0.05, 0.1) is 11.6 Å². The summed E-state index contributed by atoms with van der Waals surface area (Å²) in [6.45, 7) is 4.02. The van der Waals surface area contributed by atoms with Crippen molar-refractivity contribution in [3.05, 3.63) is 40.1 Å². The second-order valence-corrected chi connectivity index (χ2v) is 8.58. The van der Waals surface area contributed by atoms with E-state index in [9.17, 15) is 13.2 Å². The molecule has 0 unspecified atom stereocenters. The summed E-state index contributed by atoms with van der Waals surface area (Å²) in [6, 6.07) is 5.67. The number of sulfonamides is 1. The normalized spacial score (nSPS) is 11.8. The van der Waals surface area contributed by atoms with E-state index in [0.717, 1.165) is 4.31 Å². The highest BCUT2D eigenvalue weighted by Crippen LogP contribution is 2.28. The number of nitrogens with one attached hydrogen (secondary N) is 1. The number of ether oxygens (including phenoxy) is 1. The molecular weight excluding hydrogens is 429 g/mol. The van der Waals surface area contributed by atoms with Crippen LogP contribution in [0.3, 0.4) is 0 Å². The zero-order valence-corrected chi connectivity index (χ0v) is 17.8. The van der Waals surface area contributed by atoms with Gasteiger partial charge in [-0.3, -0.25) is 4.79 Å². The molecule has 0 atom stereocenters. The maximum Gasteiger partial charge on any atom is 0.245 e. The molecule has 0 radical (unpaired) electrons. The highest BCUT2D eigenvalue weighted by atomic mass is 35.5. The molecule has 1 amide bonds. The zero-order chi connectivity index (χ0) is 20.7. The maximum atomic E-state index is 13.1. The third-order valence-corrected chi connectivity index (χ3v) is 6.19. The van der Waals surface area contributed by atoms with Gasteiger partial charge in [0.1, 0.15) is 10.7 Å². The first-order valence-electron chi connectivity index (χ1n) is 8.50. The minimum Gasteiger partial charge on any atom is -0.382 e. The Morgan fingerprint density at radius 3 is 2.71 bits per heavy atom. The Morgan fingerprint density at radius 1 is 1.32 bits per heavy atom. The Labute approximate surface area is 173 Å². The van der Waals surface area contributed by atoms with E-state index in [1.54, 1.807) is 6.92 Å². The number of anilines is 1. The Kier molecular flexibility index (Phi) is 8.26. The van der Waals surface area contributed by atoms with Crippen LogP contribution >= 0.6 is 23.2 Å². The van der Waals surface area contributed by atoms with Crippen molar-refractivity contribution in [3.8, 4) is 0 Å². The number of hydrogen-bond acceptors (Lipinski definition) is 6. The lowest BCUT2D eigenvalue weighted by molar-refractivity contribution is -0.116. The van der Waals surface area contributed by atoms with E-state index in [1.165, 1.54) is 24.3 Å². The highest BCUT2D eigenvalue weighted by molar-refractivity contribution is 7.89. The number of halogens is 2. The van der Waals surface area contributed by atoms with Gasteiger partial charge in [0.2, 0.25) is 15.9 Å². The molecule has 0 fully saturated rings. The topological polar surface area (TPSA) is 102 Å². The van der Waals surface area contributed by atoms with Gasteiger partial charge in [-0.05, 0) is 38.5 Å². The molecule has 1 aromatic carbocycles. The summed E-state index contributed by atoms with van der Waals surface area (Å²) < 4.78 is 37.4. The molecule has 0 saturated carbocycles. The third kappa shape index (κ3) is 6.18. The second kappa shape index (κ2) is 10.2. The van der Waals surface area contributed by atoms with E-state index >= 15 is 0 Å². The average Bonchev–Trinajstić information content (AvgIpc) is 3.04. The monoisotopic (exact) mass is 449 g/mol. The van der Waals surface area contributed by atoms with Crippen LogP contribution in [0.4, 0.5) is 5.82 Å². The van der Waals surface area contributed by atoms with E-state index in [0.29, 0.717) is 25.4 Å². The summed E-state index contributed by atoms with van der Waals surface area (Å²) in [7, 11) is -4.07. The van der Waals surface area contributed by atoms with Crippen LogP contribution in [0.15, 0.2) is 33.7 Å². The fourth-order valence-corrected chi connectivity index (χ4v) is 4.53. The van der Waals surface area contributed by atoms with E-state index < -0.39 is 22.5 Å². The molecule has 11 heteroatoms. The molecule has 0 spiro atoms. The minimum absolute atomic E-state index is 0.0201. The molecule has 154 valence electrons. The Hall–Kier alpha value is -1.65.